The third-order valence-electron chi connectivity index (χ3n) is 7.10. The SMILES string of the molecule is CCC=CC(C)[SiH2]C(c1ccccc1)(c1ccccc1)n1ccnc1.[B]C=C(c1ccccc1)c1ccccc1. The predicted molar refractivity (Wildman–Crippen MR) is 174 cm³/mol. The molecule has 1 unspecified atom stereocenters. The lowest BCUT2D eigenvalue weighted by molar-refractivity contribution is 0.587. The second-order valence-corrected chi connectivity index (χ2v) is 12.6. The molecule has 0 saturated carbocycles. The van der Waals surface area contributed by atoms with Gasteiger partial charge in [0.25, 0.3) is 0 Å². The first-order chi connectivity index (χ1) is 19.7. The number of allylic oxidation sites excluding steroid dienone is 2. The van der Waals surface area contributed by atoms with Crippen molar-refractivity contribution in [2.75, 3.05) is 0 Å². The third kappa shape index (κ3) is 7.08. The summed E-state index contributed by atoms with van der Waals surface area (Å²) in [5, 5.41) is -0.128. The molecule has 2 radical (unpaired) electrons. The fraction of sp³-hybridized carbons (Fsp3) is 0.139. The zero-order valence-corrected chi connectivity index (χ0v) is 24.9. The summed E-state index contributed by atoms with van der Waals surface area (Å²) in [6, 6.07) is 42.1. The minimum atomic E-state index is -0.607. The number of hydrogen-bond acceptors (Lipinski definition) is 1. The van der Waals surface area contributed by atoms with Crippen LogP contribution in [0, 0.1) is 0 Å². The molecule has 0 N–H and O–H groups in total. The maximum absolute atomic E-state index is 5.67. The monoisotopic (exact) mass is 536 g/mol. The molecule has 1 heterocycles. The van der Waals surface area contributed by atoms with Gasteiger partial charge in [-0.15, -0.1) is 5.98 Å². The number of nitrogens with zero attached hydrogens (tertiary/aromatic N) is 2. The molecule has 0 fully saturated rings. The van der Waals surface area contributed by atoms with Crippen molar-refractivity contribution < 1.29 is 0 Å². The molecule has 2 nitrogen and oxygen atoms in total. The second-order valence-electron chi connectivity index (χ2n) is 9.89. The number of hydrogen-bond donors (Lipinski definition) is 0. The van der Waals surface area contributed by atoms with Crippen molar-refractivity contribution in [1.29, 1.82) is 0 Å². The highest BCUT2D eigenvalue weighted by Crippen LogP contribution is 2.36. The van der Waals surface area contributed by atoms with Crippen LogP contribution < -0.4 is 0 Å². The van der Waals surface area contributed by atoms with E-state index in [-0.39, 0.29) is 5.16 Å². The molecule has 5 aromatic rings. The molecular formula is C36H37BN2Si. The van der Waals surface area contributed by atoms with Crippen molar-refractivity contribution in [3.63, 3.8) is 0 Å². The first-order valence-electron chi connectivity index (χ1n) is 14.0. The van der Waals surface area contributed by atoms with Gasteiger partial charge in [-0.25, -0.2) is 4.98 Å². The van der Waals surface area contributed by atoms with Crippen LogP contribution in [0.15, 0.2) is 158 Å². The van der Waals surface area contributed by atoms with E-state index in [2.05, 4.69) is 127 Å². The van der Waals surface area contributed by atoms with Crippen LogP contribution in [-0.4, -0.2) is 26.9 Å². The van der Waals surface area contributed by atoms with Gasteiger partial charge in [-0.2, -0.15) is 0 Å². The van der Waals surface area contributed by atoms with Gasteiger partial charge in [-0.3, -0.25) is 0 Å². The fourth-order valence-electron chi connectivity index (χ4n) is 5.22. The van der Waals surface area contributed by atoms with Crippen LogP contribution in [0.3, 0.4) is 0 Å². The van der Waals surface area contributed by atoms with Crippen LogP contribution in [0.1, 0.15) is 42.5 Å². The highest BCUT2D eigenvalue weighted by atomic mass is 28.2. The Balaban J connectivity index is 0.000000210. The summed E-state index contributed by atoms with van der Waals surface area (Å²) in [7, 11) is 5.07. The summed E-state index contributed by atoms with van der Waals surface area (Å²) in [6.45, 7) is 4.55. The molecule has 0 aliphatic heterocycles. The highest BCUT2D eigenvalue weighted by Gasteiger charge is 2.37. The summed E-state index contributed by atoms with van der Waals surface area (Å²) in [5.74, 6) is 1.66. The number of benzene rings is 4. The van der Waals surface area contributed by atoms with Crippen molar-refractivity contribution in [2.45, 2.75) is 31.0 Å². The Morgan fingerprint density at radius 3 is 1.68 bits per heavy atom. The largest absolute Gasteiger partial charge is 0.327 e. The summed E-state index contributed by atoms with van der Waals surface area (Å²) in [5.41, 5.74) is 6.64. The van der Waals surface area contributed by atoms with E-state index in [0.717, 1.165) is 23.1 Å². The molecule has 0 spiro atoms. The smallest absolute Gasteiger partial charge is 0.103 e. The normalized spacial score (nSPS) is 12.2. The van der Waals surface area contributed by atoms with E-state index in [4.69, 9.17) is 7.85 Å². The number of imidazole rings is 1. The minimum Gasteiger partial charge on any atom is -0.327 e. The molecule has 5 rings (SSSR count). The Morgan fingerprint density at radius 1 is 0.800 bits per heavy atom. The topological polar surface area (TPSA) is 17.8 Å². The molecule has 1 aromatic heterocycles. The van der Waals surface area contributed by atoms with Crippen LogP contribution in [0.25, 0.3) is 5.57 Å². The van der Waals surface area contributed by atoms with E-state index in [1.54, 1.807) is 5.98 Å². The lowest BCUT2D eigenvalue weighted by Gasteiger charge is -2.38. The Hall–Kier alpha value is -4.15. The quantitative estimate of drug-likeness (QED) is 0.139. The Kier molecular flexibility index (Phi) is 10.7. The minimum absolute atomic E-state index is 0.128. The van der Waals surface area contributed by atoms with E-state index in [1.165, 1.54) is 11.1 Å². The van der Waals surface area contributed by atoms with Crippen molar-refractivity contribution >= 4 is 22.9 Å². The first-order valence-corrected chi connectivity index (χ1v) is 15.5. The van der Waals surface area contributed by atoms with Gasteiger partial charge in [-0.05, 0) is 39.8 Å². The Bertz CT molecular complexity index is 1370. The van der Waals surface area contributed by atoms with Gasteiger partial charge in [0.1, 0.15) is 7.85 Å². The lowest BCUT2D eigenvalue weighted by atomic mass is 9.92. The van der Waals surface area contributed by atoms with Crippen molar-refractivity contribution in [3.8, 4) is 0 Å². The van der Waals surface area contributed by atoms with Crippen LogP contribution in [0.4, 0.5) is 0 Å². The zero-order chi connectivity index (χ0) is 28.0. The van der Waals surface area contributed by atoms with Crippen LogP contribution >= 0.6 is 0 Å². The molecule has 0 amide bonds. The zero-order valence-electron chi connectivity index (χ0n) is 23.5. The molecule has 0 bridgehead atoms. The summed E-state index contributed by atoms with van der Waals surface area (Å²) >= 11 is 0. The standard InChI is InChI=1S/C22H26N2Si.C14H11B/c1-3-4-11-19(2)25-22(24-17-16-23-18-24,20-12-7-5-8-13-20)21-14-9-6-10-15-21;15-11-14(12-7-3-1-4-8-12)13-9-5-2-6-10-13/h4-19H,3,25H2,1-2H3;1-11H. The van der Waals surface area contributed by atoms with Crippen LogP contribution in [0.5, 0.6) is 0 Å². The maximum atomic E-state index is 5.67. The predicted octanol–water partition coefficient (Wildman–Crippen LogP) is 7.82. The fourth-order valence-corrected chi connectivity index (χ4v) is 7.82. The van der Waals surface area contributed by atoms with Gasteiger partial charge < -0.3 is 4.57 Å². The van der Waals surface area contributed by atoms with Gasteiger partial charge in [0.2, 0.25) is 0 Å². The van der Waals surface area contributed by atoms with Crippen molar-refractivity contribution in [2.24, 2.45) is 0 Å². The van der Waals surface area contributed by atoms with E-state index < -0.39 is 9.52 Å². The molecular weight excluding hydrogens is 499 g/mol. The summed E-state index contributed by atoms with van der Waals surface area (Å²) < 4.78 is 2.32. The Morgan fingerprint density at radius 2 is 1.27 bits per heavy atom. The molecule has 1 atom stereocenters. The molecule has 0 saturated heterocycles. The second kappa shape index (κ2) is 14.9. The molecule has 0 aliphatic carbocycles. The van der Waals surface area contributed by atoms with E-state index in [1.807, 2.05) is 48.9 Å². The highest BCUT2D eigenvalue weighted by molar-refractivity contribution is 6.44. The summed E-state index contributed by atoms with van der Waals surface area (Å²) in [6.07, 6.45) is 11.8. The van der Waals surface area contributed by atoms with Gasteiger partial charge in [0.15, 0.2) is 0 Å². The van der Waals surface area contributed by atoms with Crippen molar-refractivity contribution in [3.05, 3.63) is 180 Å². The molecule has 4 heteroatoms. The average Bonchev–Trinajstić information content (AvgIpc) is 3.57. The van der Waals surface area contributed by atoms with Crippen molar-refractivity contribution in [1.82, 2.24) is 9.55 Å². The maximum Gasteiger partial charge on any atom is 0.103 e. The first kappa shape index (κ1) is 28.8. The Labute approximate surface area is 243 Å². The number of aromatic nitrogens is 2. The van der Waals surface area contributed by atoms with Gasteiger partial charge >= 0.3 is 0 Å². The molecule has 40 heavy (non-hydrogen) atoms. The van der Waals surface area contributed by atoms with E-state index >= 15 is 0 Å². The molecule has 198 valence electrons. The lowest BCUT2D eigenvalue weighted by Crippen LogP contribution is -2.43. The third-order valence-corrected chi connectivity index (χ3v) is 9.79. The van der Waals surface area contributed by atoms with E-state index in [0.29, 0.717) is 5.54 Å². The van der Waals surface area contributed by atoms with Crippen LogP contribution in [-0.2, 0) is 5.16 Å². The van der Waals surface area contributed by atoms with Gasteiger partial charge in [-0.1, -0.05) is 147 Å². The van der Waals surface area contributed by atoms with E-state index in [9.17, 15) is 0 Å². The summed E-state index contributed by atoms with van der Waals surface area (Å²) in [4.78, 5) is 4.38. The van der Waals surface area contributed by atoms with Gasteiger partial charge in [0, 0.05) is 12.4 Å². The molecule has 0 aliphatic rings. The van der Waals surface area contributed by atoms with Gasteiger partial charge in [0.05, 0.1) is 21.0 Å². The van der Waals surface area contributed by atoms with Crippen LogP contribution in [0.2, 0.25) is 5.54 Å². The number of rotatable bonds is 9. The molecule has 4 aromatic carbocycles. The average molecular weight is 537 g/mol.